The summed E-state index contributed by atoms with van der Waals surface area (Å²) >= 11 is 0. The zero-order valence-electron chi connectivity index (χ0n) is 12.1. The van der Waals surface area contributed by atoms with Crippen molar-refractivity contribution in [3.63, 3.8) is 0 Å². The molecule has 106 valence electrons. The Kier molecular flexibility index (Phi) is 5.16. The second-order valence-corrected chi connectivity index (χ2v) is 5.28. The molecule has 2 aromatic carbocycles. The van der Waals surface area contributed by atoms with Crippen molar-refractivity contribution >= 4 is 0 Å². The van der Waals surface area contributed by atoms with Gasteiger partial charge >= 0.3 is 0 Å². The van der Waals surface area contributed by atoms with E-state index in [0.29, 0.717) is 5.75 Å². The van der Waals surface area contributed by atoms with Gasteiger partial charge in [-0.25, -0.2) is 0 Å². The van der Waals surface area contributed by atoms with E-state index in [1.54, 1.807) is 12.1 Å². The monoisotopic (exact) mass is 270 g/mol. The maximum atomic E-state index is 9.26. The van der Waals surface area contributed by atoms with Gasteiger partial charge in [0.15, 0.2) is 0 Å². The average Bonchev–Trinajstić information content (AvgIpc) is 2.42. The highest BCUT2D eigenvalue weighted by Gasteiger charge is 2.02. The first-order chi connectivity index (χ1) is 9.65. The third kappa shape index (κ3) is 4.37. The summed E-state index contributed by atoms with van der Waals surface area (Å²) in [6.45, 7) is 2.61. The standard InChI is InChI=1S/C17H22N2O/c1-19(2)13-16-6-4-3-5-15(16)12-18-11-14-7-9-17(20)10-8-14/h3-10,18,20H,11-13H2,1-2H3. The molecule has 0 spiro atoms. The molecule has 2 rings (SSSR count). The summed E-state index contributed by atoms with van der Waals surface area (Å²) in [7, 11) is 4.17. The maximum absolute atomic E-state index is 9.26. The fourth-order valence-electron chi connectivity index (χ4n) is 2.18. The highest BCUT2D eigenvalue weighted by molar-refractivity contribution is 5.28. The summed E-state index contributed by atoms with van der Waals surface area (Å²) in [6, 6.07) is 15.8. The molecule has 0 radical (unpaired) electrons. The number of phenols is 1. The van der Waals surface area contributed by atoms with Crippen molar-refractivity contribution in [2.45, 2.75) is 19.6 Å². The number of hydrogen-bond donors (Lipinski definition) is 2. The quantitative estimate of drug-likeness (QED) is 0.847. The minimum atomic E-state index is 0.310. The molecule has 3 nitrogen and oxygen atoms in total. The van der Waals surface area contributed by atoms with Crippen LogP contribution in [0.15, 0.2) is 48.5 Å². The molecule has 0 aliphatic carbocycles. The lowest BCUT2D eigenvalue weighted by molar-refractivity contribution is 0.400. The Balaban J connectivity index is 1.92. The molecule has 0 aliphatic heterocycles. The van der Waals surface area contributed by atoms with Crippen LogP contribution in [0.2, 0.25) is 0 Å². The Bertz CT molecular complexity index is 535. The van der Waals surface area contributed by atoms with E-state index in [1.165, 1.54) is 16.7 Å². The minimum Gasteiger partial charge on any atom is -0.508 e. The van der Waals surface area contributed by atoms with Crippen molar-refractivity contribution < 1.29 is 5.11 Å². The fraction of sp³-hybridized carbons (Fsp3) is 0.294. The van der Waals surface area contributed by atoms with Crippen LogP contribution in [-0.2, 0) is 19.6 Å². The first-order valence-electron chi connectivity index (χ1n) is 6.85. The predicted octanol–water partition coefficient (Wildman–Crippen LogP) is 2.74. The van der Waals surface area contributed by atoms with E-state index in [1.807, 2.05) is 12.1 Å². The molecule has 2 aromatic rings. The van der Waals surface area contributed by atoms with Crippen LogP contribution in [0, 0.1) is 0 Å². The van der Waals surface area contributed by atoms with Crippen LogP contribution in [0.3, 0.4) is 0 Å². The molecule has 0 fully saturated rings. The summed E-state index contributed by atoms with van der Waals surface area (Å²) in [4.78, 5) is 2.18. The maximum Gasteiger partial charge on any atom is 0.115 e. The third-order valence-corrected chi connectivity index (χ3v) is 3.19. The molecule has 0 amide bonds. The van der Waals surface area contributed by atoms with Crippen LogP contribution in [-0.4, -0.2) is 24.1 Å². The normalized spacial score (nSPS) is 10.9. The van der Waals surface area contributed by atoms with Gasteiger partial charge in [-0.1, -0.05) is 36.4 Å². The molecule has 0 bridgehead atoms. The number of nitrogens with one attached hydrogen (secondary N) is 1. The van der Waals surface area contributed by atoms with E-state index in [-0.39, 0.29) is 0 Å². The zero-order valence-corrected chi connectivity index (χ0v) is 12.1. The van der Waals surface area contributed by atoms with Gasteiger partial charge in [-0.15, -0.1) is 0 Å². The lowest BCUT2D eigenvalue weighted by Crippen LogP contribution is -2.17. The van der Waals surface area contributed by atoms with Gasteiger partial charge in [0.2, 0.25) is 0 Å². The van der Waals surface area contributed by atoms with Crippen LogP contribution < -0.4 is 5.32 Å². The molecule has 2 N–H and O–H groups in total. The summed E-state index contributed by atoms with van der Waals surface area (Å²) < 4.78 is 0. The van der Waals surface area contributed by atoms with Gasteiger partial charge < -0.3 is 15.3 Å². The van der Waals surface area contributed by atoms with E-state index in [4.69, 9.17) is 0 Å². The second-order valence-electron chi connectivity index (χ2n) is 5.28. The molecule has 0 saturated heterocycles. The first-order valence-corrected chi connectivity index (χ1v) is 6.85. The number of hydrogen-bond acceptors (Lipinski definition) is 3. The number of rotatable bonds is 6. The van der Waals surface area contributed by atoms with Crippen molar-refractivity contribution in [1.29, 1.82) is 0 Å². The van der Waals surface area contributed by atoms with E-state index < -0.39 is 0 Å². The minimum absolute atomic E-state index is 0.310. The Labute approximate surface area is 120 Å². The molecule has 0 unspecified atom stereocenters. The van der Waals surface area contributed by atoms with Crippen LogP contribution >= 0.6 is 0 Å². The number of nitrogens with zero attached hydrogens (tertiary/aromatic N) is 1. The number of benzene rings is 2. The lowest BCUT2D eigenvalue weighted by Gasteiger charge is -2.14. The van der Waals surface area contributed by atoms with Gasteiger partial charge in [0.1, 0.15) is 5.75 Å². The van der Waals surface area contributed by atoms with Crippen molar-refractivity contribution in [2.24, 2.45) is 0 Å². The zero-order chi connectivity index (χ0) is 14.4. The van der Waals surface area contributed by atoms with Gasteiger partial charge in [-0.3, -0.25) is 0 Å². The van der Waals surface area contributed by atoms with Crippen molar-refractivity contribution in [3.05, 3.63) is 65.2 Å². The predicted molar refractivity (Wildman–Crippen MR) is 82.5 cm³/mol. The molecular weight excluding hydrogens is 248 g/mol. The van der Waals surface area contributed by atoms with Gasteiger partial charge in [0, 0.05) is 19.6 Å². The van der Waals surface area contributed by atoms with E-state index in [0.717, 1.165) is 19.6 Å². The van der Waals surface area contributed by atoms with Crippen molar-refractivity contribution in [2.75, 3.05) is 14.1 Å². The Hall–Kier alpha value is -1.84. The van der Waals surface area contributed by atoms with Gasteiger partial charge in [-0.05, 0) is 42.9 Å². The number of phenolic OH excluding ortho intramolecular Hbond substituents is 1. The third-order valence-electron chi connectivity index (χ3n) is 3.19. The molecule has 0 heterocycles. The molecule has 20 heavy (non-hydrogen) atoms. The molecule has 0 aromatic heterocycles. The molecule has 3 heteroatoms. The highest BCUT2D eigenvalue weighted by Crippen LogP contribution is 2.12. The summed E-state index contributed by atoms with van der Waals surface area (Å²) in [5.74, 6) is 0.310. The SMILES string of the molecule is CN(C)Cc1ccccc1CNCc1ccc(O)cc1. The van der Waals surface area contributed by atoms with E-state index in [9.17, 15) is 5.11 Å². The van der Waals surface area contributed by atoms with E-state index >= 15 is 0 Å². The summed E-state index contributed by atoms with van der Waals surface area (Å²) in [5.41, 5.74) is 3.86. The Morgan fingerprint density at radius 3 is 2.20 bits per heavy atom. The van der Waals surface area contributed by atoms with Crippen LogP contribution in [0.1, 0.15) is 16.7 Å². The van der Waals surface area contributed by atoms with Crippen LogP contribution in [0.4, 0.5) is 0 Å². The van der Waals surface area contributed by atoms with Gasteiger partial charge in [0.25, 0.3) is 0 Å². The topological polar surface area (TPSA) is 35.5 Å². The highest BCUT2D eigenvalue weighted by atomic mass is 16.3. The summed E-state index contributed by atoms with van der Waals surface area (Å²) in [5, 5.41) is 12.7. The average molecular weight is 270 g/mol. The molecule has 0 saturated carbocycles. The second kappa shape index (κ2) is 7.08. The smallest absolute Gasteiger partial charge is 0.115 e. The van der Waals surface area contributed by atoms with Crippen LogP contribution in [0.5, 0.6) is 5.75 Å². The summed E-state index contributed by atoms with van der Waals surface area (Å²) in [6.07, 6.45) is 0. The van der Waals surface area contributed by atoms with Gasteiger partial charge in [-0.2, -0.15) is 0 Å². The number of aromatic hydroxyl groups is 1. The van der Waals surface area contributed by atoms with E-state index in [2.05, 4.69) is 48.6 Å². The Morgan fingerprint density at radius 2 is 1.55 bits per heavy atom. The first kappa shape index (κ1) is 14.6. The molecule has 0 aliphatic rings. The van der Waals surface area contributed by atoms with Crippen molar-refractivity contribution in [3.8, 4) is 5.75 Å². The molecular formula is C17H22N2O. The van der Waals surface area contributed by atoms with Gasteiger partial charge in [0.05, 0.1) is 0 Å². The fourth-order valence-corrected chi connectivity index (χ4v) is 2.18. The Morgan fingerprint density at radius 1 is 0.900 bits per heavy atom. The molecule has 0 atom stereocenters. The van der Waals surface area contributed by atoms with Crippen molar-refractivity contribution in [1.82, 2.24) is 10.2 Å². The largest absolute Gasteiger partial charge is 0.508 e. The van der Waals surface area contributed by atoms with Crippen LogP contribution in [0.25, 0.3) is 0 Å². The lowest BCUT2D eigenvalue weighted by atomic mass is 10.1.